The summed E-state index contributed by atoms with van der Waals surface area (Å²) >= 11 is 1.86. The van der Waals surface area contributed by atoms with Gasteiger partial charge in [-0.2, -0.15) is 26.3 Å². The van der Waals surface area contributed by atoms with Crippen molar-refractivity contribution in [1.82, 2.24) is 0 Å². The van der Waals surface area contributed by atoms with Crippen LogP contribution >= 0.6 is 38.7 Å². The molecule has 2 aliphatic rings. The molecule has 271 valence electrons. The standard InChI is InChI=1S/2C14H15F3NO4PS.Co/c2*1-3-21-23(20,22-4-2)9-5-6-11-10(7-9)18-13(24-11)8-12(19)14(15,16)17;/h2*5-8H,3-4H2,1-2H3,(H,18,19);/q;;+2/p-2. The molecule has 21 heteroatoms. The molecule has 0 aliphatic carbocycles. The second-order valence-electron chi connectivity index (χ2n) is 9.09. The number of allylic oxidation sites excluding steroid dienone is 2. The molecule has 0 fully saturated rings. The van der Waals surface area contributed by atoms with Crippen molar-refractivity contribution in [3.8, 4) is 0 Å². The van der Waals surface area contributed by atoms with Gasteiger partial charge >= 0.3 is 44.3 Å². The number of thioether (sulfide) groups is 2. The minimum absolute atomic E-state index is 0. The average Bonchev–Trinajstić information content (AvgIpc) is 3.59. The molecule has 0 atom stereocenters. The molecule has 4 rings (SSSR count). The van der Waals surface area contributed by atoms with Crippen LogP contribution in [0.4, 0.5) is 37.7 Å². The van der Waals surface area contributed by atoms with Gasteiger partial charge in [-0.3, -0.25) is 18.7 Å². The predicted octanol–water partition coefficient (Wildman–Crippen LogP) is 9.32. The van der Waals surface area contributed by atoms with Crippen LogP contribution in [0.25, 0.3) is 10.6 Å². The van der Waals surface area contributed by atoms with Gasteiger partial charge in [-0.25, -0.2) is 0 Å². The Morgan fingerprint density at radius 3 is 1.22 bits per heavy atom. The first-order valence-electron chi connectivity index (χ1n) is 13.9. The fourth-order valence-electron chi connectivity index (χ4n) is 3.77. The maximum atomic E-state index is 12.7. The SMILES string of the molecule is CCOP(=O)(OCC)c1ccc2c(c1)[N-]/C(=C\C(=O)C(F)(F)F)S2.CCOP(=O)(OCC)c1ccc2c(c1)[N-]/C(=C\C(=O)C(F)(F)F)S2.[Co+2]. The zero-order valence-corrected chi connectivity index (χ0v) is 30.4. The number of rotatable bonds is 12. The molecule has 2 heterocycles. The third-order valence-electron chi connectivity index (χ3n) is 5.67. The molecule has 49 heavy (non-hydrogen) atoms. The molecule has 0 saturated carbocycles. The smallest absolute Gasteiger partial charge is 0.651 e. The molecule has 0 unspecified atom stereocenters. The molecule has 10 nitrogen and oxygen atoms in total. The average molecular weight is 820 g/mol. The van der Waals surface area contributed by atoms with E-state index in [0.29, 0.717) is 33.3 Å². The molecule has 0 bridgehead atoms. The molecule has 2 aromatic rings. The van der Waals surface area contributed by atoms with Crippen LogP contribution in [0.15, 0.2) is 68.4 Å². The van der Waals surface area contributed by atoms with Gasteiger partial charge in [0.1, 0.15) is 0 Å². The Labute approximate surface area is 296 Å². The van der Waals surface area contributed by atoms with Crippen molar-refractivity contribution in [2.75, 3.05) is 26.4 Å². The van der Waals surface area contributed by atoms with Gasteiger partial charge in [0.2, 0.25) is 0 Å². The number of nitrogens with zero attached hydrogens (tertiary/aromatic N) is 2. The number of hydrogen-bond donors (Lipinski definition) is 0. The first kappa shape index (κ1) is 43.1. The van der Waals surface area contributed by atoms with E-state index in [1.165, 1.54) is 24.3 Å². The number of hydrogen-bond acceptors (Lipinski definition) is 10. The van der Waals surface area contributed by atoms with Crippen LogP contribution in [0.2, 0.25) is 0 Å². The molecule has 2 aromatic carbocycles. The Hall–Kier alpha value is -2.05. The zero-order chi connectivity index (χ0) is 35.9. The molecule has 0 aromatic heterocycles. The quantitative estimate of drug-likeness (QED) is 0.116. The molecular formula is C28H28CoF6N2O8P2S2. The molecule has 0 saturated heterocycles. The predicted molar refractivity (Wildman–Crippen MR) is 170 cm³/mol. The van der Waals surface area contributed by atoms with Crippen LogP contribution in [0, 0.1) is 0 Å². The molecular weight excluding hydrogens is 791 g/mol. The molecule has 0 amide bonds. The number of ketones is 2. The summed E-state index contributed by atoms with van der Waals surface area (Å²) in [6, 6.07) is 9.02. The van der Waals surface area contributed by atoms with Crippen LogP contribution in [0.1, 0.15) is 27.7 Å². The fourth-order valence-corrected chi connectivity index (χ4v) is 8.71. The normalized spacial score (nSPS) is 15.8. The van der Waals surface area contributed by atoms with Crippen molar-refractivity contribution in [3.05, 3.63) is 69.2 Å². The summed E-state index contributed by atoms with van der Waals surface area (Å²) in [5.74, 6) is -3.95. The number of halogens is 6. The van der Waals surface area contributed by atoms with Gasteiger partial charge in [-0.05, 0) is 73.9 Å². The van der Waals surface area contributed by atoms with Gasteiger partial charge in [-0.1, -0.05) is 22.2 Å². The first-order chi connectivity index (χ1) is 22.4. The van der Waals surface area contributed by atoms with Crippen LogP contribution < -0.4 is 10.6 Å². The van der Waals surface area contributed by atoms with Gasteiger partial charge < -0.3 is 28.7 Å². The number of benzene rings is 2. The van der Waals surface area contributed by atoms with Crippen molar-refractivity contribution >= 4 is 72.3 Å². The second kappa shape index (κ2) is 17.9. The zero-order valence-electron chi connectivity index (χ0n) is 25.9. The molecule has 0 spiro atoms. The van der Waals surface area contributed by atoms with Gasteiger partial charge in [0.05, 0.1) is 37.0 Å². The number of carbonyl (C=O) groups is 2. The van der Waals surface area contributed by atoms with E-state index in [1.54, 1.807) is 39.8 Å². The summed E-state index contributed by atoms with van der Waals surface area (Å²) < 4.78 is 120. The van der Waals surface area contributed by atoms with E-state index in [9.17, 15) is 45.1 Å². The van der Waals surface area contributed by atoms with E-state index >= 15 is 0 Å². The summed E-state index contributed by atoms with van der Waals surface area (Å²) in [5, 5.41) is 8.31. The van der Waals surface area contributed by atoms with Gasteiger partial charge in [0.15, 0.2) is 0 Å². The monoisotopic (exact) mass is 819 g/mol. The minimum atomic E-state index is -4.94. The Morgan fingerprint density at radius 2 is 0.959 bits per heavy atom. The van der Waals surface area contributed by atoms with Crippen molar-refractivity contribution in [2.45, 2.75) is 49.8 Å². The molecule has 0 N–H and O–H groups in total. The van der Waals surface area contributed by atoms with E-state index in [1.807, 2.05) is 0 Å². The van der Waals surface area contributed by atoms with E-state index in [2.05, 4.69) is 10.6 Å². The van der Waals surface area contributed by atoms with E-state index in [-0.39, 0.29) is 63.9 Å². The molecule has 2 aliphatic heterocycles. The van der Waals surface area contributed by atoms with E-state index < -0.39 is 39.1 Å². The van der Waals surface area contributed by atoms with Gasteiger partial charge in [0, 0.05) is 0 Å². The summed E-state index contributed by atoms with van der Waals surface area (Å²) in [6.07, 6.45) is -9.00. The summed E-state index contributed by atoms with van der Waals surface area (Å²) in [6.45, 7) is 7.37. The fraction of sp³-hybridized carbons (Fsp3) is 0.357. The van der Waals surface area contributed by atoms with E-state index in [4.69, 9.17) is 18.1 Å². The van der Waals surface area contributed by atoms with Crippen molar-refractivity contribution in [2.24, 2.45) is 0 Å². The summed E-state index contributed by atoms with van der Waals surface area (Å²) in [4.78, 5) is 23.1. The largest absolute Gasteiger partial charge is 2.00 e. The Bertz CT molecular complexity index is 1550. The summed E-state index contributed by atoms with van der Waals surface area (Å²) in [7, 11) is -7.03. The van der Waals surface area contributed by atoms with Gasteiger partial charge in [0.25, 0.3) is 11.6 Å². The number of alkyl halides is 6. The number of carbonyl (C=O) groups excluding carboxylic acids is 2. The van der Waals surface area contributed by atoms with Crippen LogP contribution in [0.3, 0.4) is 0 Å². The van der Waals surface area contributed by atoms with Crippen LogP contribution in [0.5, 0.6) is 0 Å². The maximum absolute atomic E-state index is 12.7. The maximum Gasteiger partial charge on any atom is 2.00 e. The third kappa shape index (κ3) is 11.5. The third-order valence-corrected chi connectivity index (χ3v) is 11.9. The van der Waals surface area contributed by atoms with E-state index in [0.717, 1.165) is 23.5 Å². The van der Waals surface area contributed by atoms with Crippen molar-refractivity contribution in [3.63, 3.8) is 0 Å². The van der Waals surface area contributed by atoms with Crippen LogP contribution in [-0.2, 0) is 53.6 Å². The Balaban J connectivity index is 0.000000333. The molecule has 1 radical (unpaired) electrons. The van der Waals surface area contributed by atoms with Crippen LogP contribution in [-0.4, -0.2) is 50.3 Å². The Kier molecular flexibility index (Phi) is 15.8. The summed E-state index contributed by atoms with van der Waals surface area (Å²) in [5.41, 5.74) is 0.636. The minimum Gasteiger partial charge on any atom is -0.651 e. The second-order valence-corrected chi connectivity index (χ2v) is 15.3. The Morgan fingerprint density at radius 1 is 0.653 bits per heavy atom. The topological polar surface area (TPSA) is 133 Å². The number of fused-ring (bicyclic) bond motifs is 2. The van der Waals surface area contributed by atoms with Crippen molar-refractivity contribution < 1.29 is 79.9 Å². The van der Waals surface area contributed by atoms with Crippen molar-refractivity contribution in [1.29, 1.82) is 0 Å². The first-order valence-corrected chi connectivity index (χ1v) is 18.6. The van der Waals surface area contributed by atoms with Gasteiger partial charge in [-0.15, -0.1) is 34.9 Å².